The Labute approximate surface area is 86.6 Å². The van der Waals surface area contributed by atoms with Gasteiger partial charge < -0.3 is 5.73 Å². The summed E-state index contributed by atoms with van der Waals surface area (Å²) in [6.45, 7) is 8.08. The normalized spacial score (nSPS) is 12.9. The van der Waals surface area contributed by atoms with E-state index in [4.69, 9.17) is 5.73 Å². The van der Waals surface area contributed by atoms with Crippen molar-refractivity contribution in [1.82, 2.24) is 0 Å². The van der Waals surface area contributed by atoms with Crippen LogP contribution in [0.25, 0.3) is 0 Å². The van der Waals surface area contributed by atoms with E-state index >= 15 is 0 Å². The van der Waals surface area contributed by atoms with Gasteiger partial charge in [-0.2, -0.15) is 0 Å². The van der Waals surface area contributed by atoms with Gasteiger partial charge in [0, 0.05) is 6.04 Å². The van der Waals surface area contributed by atoms with Gasteiger partial charge in [0.25, 0.3) is 0 Å². The molecule has 0 amide bonds. The molecule has 0 radical (unpaired) electrons. The van der Waals surface area contributed by atoms with E-state index in [2.05, 4.69) is 44.7 Å². The first-order valence-electron chi connectivity index (χ1n) is 5.11. The van der Waals surface area contributed by atoms with Crippen molar-refractivity contribution in [2.24, 2.45) is 5.73 Å². The van der Waals surface area contributed by atoms with Crippen LogP contribution in [0.3, 0.4) is 0 Å². The second kappa shape index (κ2) is 4.97. The average Bonchev–Trinajstić information content (AvgIpc) is 2.18. The highest BCUT2D eigenvalue weighted by atomic mass is 14.6. The Bertz CT molecular complexity index is 285. The fourth-order valence-electron chi connectivity index (χ4n) is 1.44. The first-order chi connectivity index (χ1) is 6.65. The summed E-state index contributed by atoms with van der Waals surface area (Å²) in [7, 11) is 0. The highest BCUT2D eigenvalue weighted by Crippen LogP contribution is 2.19. The quantitative estimate of drug-likeness (QED) is 0.722. The van der Waals surface area contributed by atoms with Gasteiger partial charge in [0.05, 0.1) is 0 Å². The van der Waals surface area contributed by atoms with Gasteiger partial charge in [-0.3, -0.25) is 0 Å². The standard InChI is InChI=1S/C13H19N/c1-4-5-13(14)12-8-6-11(7-9-12)10(2)3/h4,6-10,13H,1,5,14H2,2-3H3. The number of benzene rings is 1. The number of rotatable bonds is 4. The number of hydrogen-bond donors (Lipinski definition) is 1. The lowest BCUT2D eigenvalue weighted by Crippen LogP contribution is -2.08. The van der Waals surface area contributed by atoms with Crippen molar-refractivity contribution >= 4 is 0 Å². The summed E-state index contributed by atoms with van der Waals surface area (Å²) in [5.74, 6) is 0.583. The summed E-state index contributed by atoms with van der Waals surface area (Å²) in [5.41, 5.74) is 8.51. The van der Waals surface area contributed by atoms with E-state index in [0.717, 1.165) is 6.42 Å². The summed E-state index contributed by atoms with van der Waals surface area (Å²) >= 11 is 0. The maximum Gasteiger partial charge on any atom is 0.0329 e. The Morgan fingerprint density at radius 2 is 1.71 bits per heavy atom. The van der Waals surface area contributed by atoms with Crippen LogP contribution in [0.1, 0.15) is 43.4 Å². The van der Waals surface area contributed by atoms with Gasteiger partial charge in [-0.05, 0) is 23.5 Å². The molecule has 0 bridgehead atoms. The van der Waals surface area contributed by atoms with Gasteiger partial charge >= 0.3 is 0 Å². The van der Waals surface area contributed by atoms with Gasteiger partial charge in [0.1, 0.15) is 0 Å². The van der Waals surface area contributed by atoms with E-state index in [9.17, 15) is 0 Å². The lowest BCUT2D eigenvalue weighted by Gasteiger charge is -2.11. The monoisotopic (exact) mass is 189 g/mol. The zero-order valence-corrected chi connectivity index (χ0v) is 9.03. The molecule has 0 saturated carbocycles. The van der Waals surface area contributed by atoms with Crippen LogP contribution in [0.4, 0.5) is 0 Å². The Hall–Kier alpha value is -1.08. The third-order valence-corrected chi connectivity index (χ3v) is 2.45. The van der Waals surface area contributed by atoms with Gasteiger partial charge in [-0.15, -0.1) is 6.58 Å². The molecule has 14 heavy (non-hydrogen) atoms. The van der Waals surface area contributed by atoms with Gasteiger partial charge in [0.15, 0.2) is 0 Å². The van der Waals surface area contributed by atoms with Crippen molar-refractivity contribution in [3.63, 3.8) is 0 Å². The minimum Gasteiger partial charge on any atom is -0.324 e. The largest absolute Gasteiger partial charge is 0.324 e. The van der Waals surface area contributed by atoms with Crippen LogP contribution in [0.15, 0.2) is 36.9 Å². The summed E-state index contributed by atoms with van der Waals surface area (Å²) in [5, 5.41) is 0. The highest BCUT2D eigenvalue weighted by molar-refractivity contribution is 5.26. The molecule has 2 N–H and O–H groups in total. The molecule has 1 atom stereocenters. The van der Waals surface area contributed by atoms with Crippen LogP contribution in [0.5, 0.6) is 0 Å². The van der Waals surface area contributed by atoms with Gasteiger partial charge in [-0.25, -0.2) is 0 Å². The van der Waals surface area contributed by atoms with Crippen LogP contribution in [-0.4, -0.2) is 0 Å². The third kappa shape index (κ3) is 2.71. The molecule has 0 saturated heterocycles. The second-order valence-electron chi connectivity index (χ2n) is 3.95. The molecule has 1 unspecified atom stereocenters. The molecular formula is C13H19N. The molecular weight excluding hydrogens is 170 g/mol. The number of hydrogen-bond acceptors (Lipinski definition) is 1. The minimum atomic E-state index is 0.0914. The molecule has 0 heterocycles. The molecule has 1 rings (SSSR count). The Kier molecular flexibility index (Phi) is 3.90. The van der Waals surface area contributed by atoms with E-state index in [1.54, 1.807) is 0 Å². The van der Waals surface area contributed by atoms with Crippen molar-refractivity contribution in [1.29, 1.82) is 0 Å². The predicted molar refractivity (Wildman–Crippen MR) is 62.3 cm³/mol. The van der Waals surface area contributed by atoms with E-state index in [1.165, 1.54) is 11.1 Å². The van der Waals surface area contributed by atoms with Crippen molar-refractivity contribution in [2.75, 3.05) is 0 Å². The lowest BCUT2D eigenvalue weighted by molar-refractivity contribution is 0.740. The Morgan fingerprint density at radius 1 is 1.21 bits per heavy atom. The fraction of sp³-hybridized carbons (Fsp3) is 0.385. The summed E-state index contributed by atoms with van der Waals surface area (Å²) in [6, 6.07) is 8.63. The zero-order valence-electron chi connectivity index (χ0n) is 9.03. The molecule has 76 valence electrons. The summed E-state index contributed by atoms with van der Waals surface area (Å²) in [4.78, 5) is 0. The number of nitrogens with two attached hydrogens (primary N) is 1. The van der Waals surface area contributed by atoms with Crippen LogP contribution < -0.4 is 5.73 Å². The molecule has 1 nitrogen and oxygen atoms in total. The topological polar surface area (TPSA) is 26.0 Å². The minimum absolute atomic E-state index is 0.0914. The molecule has 0 spiro atoms. The smallest absolute Gasteiger partial charge is 0.0329 e. The first-order valence-corrected chi connectivity index (χ1v) is 5.11. The van der Waals surface area contributed by atoms with E-state index < -0.39 is 0 Å². The SMILES string of the molecule is C=CCC(N)c1ccc(C(C)C)cc1. The van der Waals surface area contributed by atoms with Crippen molar-refractivity contribution in [3.8, 4) is 0 Å². The van der Waals surface area contributed by atoms with Crippen LogP contribution in [-0.2, 0) is 0 Å². The van der Waals surface area contributed by atoms with E-state index in [-0.39, 0.29) is 6.04 Å². The van der Waals surface area contributed by atoms with Crippen LogP contribution in [0.2, 0.25) is 0 Å². The molecule has 0 aliphatic rings. The highest BCUT2D eigenvalue weighted by Gasteiger charge is 2.04. The lowest BCUT2D eigenvalue weighted by atomic mass is 9.98. The molecule has 0 fully saturated rings. The summed E-state index contributed by atoms with van der Waals surface area (Å²) in [6.07, 6.45) is 2.70. The van der Waals surface area contributed by atoms with Gasteiger partial charge in [-0.1, -0.05) is 44.2 Å². The van der Waals surface area contributed by atoms with Gasteiger partial charge in [0.2, 0.25) is 0 Å². The predicted octanol–water partition coefficient (Wildman–Crippen LogP) is 3.39. The maximum atomic E-state index is 5.96. The van der Waals surface area contributed by atoms with E-state index in [0.29, 0.717) is 5.92 Å². The van der Waals surface area contributed by atoms with Crippen molar-refractivity contribution in [2.45, 2.75) is 32.2 Å². The summed E-state index contributed by atoms with van der Waals surface area (Å²) < 4.78 is 0. The molecule has 0 aliphatic carbocycles. The Morgan fingerprint density at radius 3 is 2.14 bits per heavy atom. The van der Waals surface area contributed by atoms with Crippen molar-refractivity contribution < 1.29 is 0 Å². The molecule has 0 aromatic heterocycles. The molecule has 1 aromatic carbocycles. The fourth-order valence-corrected chi connectivity index (χ4v) is 1.44. The van der Waals surface area contributed by atoms with E-state index in [1.807, 2.05) is 6.08 Å². The second-order valence-corrected chi connectivity index (χ2v) is 3.95. The zero-order chi connectivity index (χ0) is 10.6. The molecule has 1 heteroatoms. The molecule has 1 aromatic rings. The van der Waals surface area contributed by atoms with Crippen LogP contribution in [0, 0.1) is 0 Å². The molecule has 0 aliphatic heterocycles. The van der Waals surface area contributed by atoms with Crippen molar-refractivity contribution in [3.05, 3.63) is 48.0 Å². The average molecular weight is 189 g/mol. The first kappa shape index (κ1) is 11.0. The maximum absolute atomic E-state index is 5.96. The van der Waals surface area contributed by atoms with Crippen LogP contribution >= 0.6 is 0 Å². The third-order valence-electron chi connectivity index (χ3n) is 2.45. The Balaban J connectivity index is 2.77.